The molecule has 3 aromatic heterocycles. The van der Waals surface area contributed by atoms with Crippen LogP contribution >= 0.6 is 56.9 Å². The molecule has 3 heterocycles. The normalized spacial score (nSPS) is 20.9. The number of hydrogen-bond acceptors (Lipinski definition) is 5. The summed E-state index contributed by atoms with van der Waals surface area (Å²) >= 11 is 12.3. The Morgan fingerprint density at radius 2 is 2.20 bits per heavy atom. The summed E-state index contributed by atoms with van der Waals surface area (Å²) in [4.78, 5) is 7.30. The zero-order valence-corrected chi connectivity index (χ0v) is 18.1. The molecule has 0 unspecified atom stereocenters. The summed E-state index contributed by atoms with van der Waals surface area (Å²) in [6, 6.07) is 6.41. The zero-order chi connectivity index (χ0) is 17.4. The third-order valence-electron chi connectivity index (χ3n) is 4.77. The van der Waals surface area contributed by atoms with Gasteiger partial charge in [-0.05, 0) is 46.9 Å². The van der Waals surface area contributed by atoms with E-state index < -0.39 is 0 Å². The lowest BCUT2D eigenvalue weighted by atomic mass is 9.84. The van der Waals surface area contributed by atoms with Gasteiger partial charge in [-0.2, -0.15) is 0 Å². The quantitative estimate of drug-likeness (QED) is 0.329. The highest BCUT2D eigenvalue weighted by Crippen LogP contribution is 2.44. The van der Waals surface area contributed by atoms with Crippen LogP contribution in [0.15, 0.2) is 23.6 Å². The van der Waals surface area contributed by atoms with Crippen LogP contribution in [0.4, 0.5) is 5.69 Å². The van der Waals surface area contributed by atoms with Crippen LogP contribution in [-0.4, -0.2) is 11.0 Å². The summed E-state index contributed by atoms with van der Waals surface area (Å²) in [6.07, 6.45) is 4.81. The van der Waals surface area contributed by atoms with Crippen molar-refractivity contribution in [2.75, 3.05) is 5.32 Å². The number of nitrogens with two attached hydrogens (primary N) is 1. The summed E-state index contributed by atoms with van der Waals surface area (Å²) in [6.45, 7) is 0.805. The molecule has 0 bridgehead atoms. The second-order valence-corrected chi connectivity index (χ2v) is 9.99. The number of hydrogen-bond donors (Lipinski definition) is 2. The molecule has 1 fully saturated rings. The van der Waals surface area contributed by atoms with Crippen molar-refractivity contribution in [2.24, 2.45) is 5.73 Å². The van der Waals surface area contributed by atoms with Crippen molar-refractivity contribution in [1.82, 2.24) is 4.98 Å². The summed E-state index contributed by atoms with van der Waals surface area (Å²) in [5.74, 6) is 0.448. The molecule has 0 aliphatic heterocycles. The van der Waals surface area contributed by atoms with Crippen molar-refractivity contribution in [3.8, 4) is 0 Å². The van der Waals surface area contributed by atoms with Gasteiger partial charge in [-0.25, -0.2) is 4.98 Å². The van der Waals surface area contributed by atoms with Crippen molar-refractivity contribution in [3.05, 3.63) is 42.1 Å². The van der Waals surface area contributed by atoms with E-state index in [2.05, 4.69) is 50.4 Å². The topological polar surface area (TPSA) is 50.9 Å². The molecular formula is C18H19ClIN3S2. The van der Waals surface area contributed by atoms with E-state index in [9.17, 15) is 0 Å². The first-order valence-electron chi connectivity index (χ1n) is 8.43. The largest absolute Gasteiger partial charge is 0.379 e. The number of fused-ring (bicyclic) bond motifs is 1. The van der Waals surface area contributed by atoms with Gasteiger partial charge in [-0.3, -0.25) is 0 Å². The SMILES string of the molecule is N[C@H]1CCCC[C@@H]1c1sc2c(NCc3cccs3)cc(Cl)nc2c1I. The Morgan fingerprint density at radius 3 is 2.96 bits per heavy atom. The van der Waals surface area contributed by atoms with E-state index in [1.807, 2.05) is 17.4 Å². The smallest absolute Gasteiger partial charge is 0.131 e. The van der Waals surface area contributed by atoms with Gasteiger partial charge < -0.3 is 11.1 Å². The van der Waals surface area contributed by atoms with E-state index in [4.69, 9.17) is 17.3 Å². The molecule has 3 aromatic rings. The molecule has 1 aliphatic carbocycles. The molecule has 3 N–H and O–H groups in total. The third-order valence-corrected chi connectivity index (χ3v) is 8.64. The molecule has 0 radical (unpaired) electrons. The van der Waals surface area contributed by atoms with Crippen LogP contribution < -0.4 is 11.1 Å². The fraction of sp³-hybridized carbons (Fsp3) is 0.389. The number of thiophene rings is 2. The molecule has 2 atom stereocenters. The molecule has 1 saturated carbocycles. The van der Waals surface area contributed by atoms with Crippen molar-refractivity contribution in [2.45, 2.75) is 44.2 Å². The maximum Gasteiger partial charge on any atom is 0.131 e. The van der Waals surface area contributed by atoms with Gasteiger partial charge in [0.05, 0.1) is 19.5 Å². The Hall–Kier alpha value is -0.410. The standard InChI is InChI=1S/C18H19ClIN3S2/c19-14-8-13(22-9-10-4-3-7-24-10)18-16(23-14)15(20)17(25-18)11-5-1-2-6-12(11)21/h3-4,7-8,11-12H,1-2,5-6,9,21H2,(H,22,23)/t11-,12-/m0/s1. The van der Waals surface area contributed by atoms with E-state index in [0.717, 1.165) is 24.2 Å². The zero-order valence-electron chi connectivity index (χ0n) is 13.6. The molecule has 3 nitrogen and oxygen atoms in total. The molecule has 0 aromatic carbocycles. The monoisotopic (exact) mass is 503 g/mol. The third kappa shape index (κ3) is 3.69. The molecule has 7 heteroatoms. The van der Waals surface area contributed by atoms with Crippen LogP contribution in [0.5, 0.6) is 0 Å². The van der Waals surface area contributed by atoms with Crippen molar-refractivity contribution >= 4 is 72.8 Å². The fourth-order valence-corrected chi connectivity index (χ4v) is 6.95. The molecule has 0 spiro atoms. The van der Waals surface area contributed by atoms with Gasteiger partial charge in [0, 0.05) is 34.3 Å². The lowest BCUT2D eigenvalue weighted by Gasteiger charge is -2.28. The van der Waals surface area contributed by atoms with Gasteiger partial charge in [0.15, 0.2) is 0 Å². The highest BCUT2D eigenvalue weighted by molar-refractivity contribution is 14.1. The number of halogens is 2. The second kappa shape index (κ2) is 7.68. The van der Waals surface area contributed by atoms with Crippen LogP contribution in [0.2, 0.25) is 5.15 Å². The Labute approximate surface area is 174 Å². The second-order valence-electron chi connectivity index (χ2n) is 6.44. The van der Waals surface area contributed by atoms with Gasteiger partial charge in [-0.1, -0.05) is 30.5 Å². The van der Waals surface area contributed by atoms with Crippen molar-refractivity contribution < 1.29 is 0 Å². The first-order valence-corrected chi connectivity index (χ1v) is 11.6. The van der Waals surface area contributed by atoms with Gasteiger partial charge in [0.1, 0.15) is 5.15 Å². The minimum Gasteiger partial charge on any atom is -0.379 e. The average molecular weight is 504 g/mol. The van der Waals surface area contributed by atoms with Crippen LogP contribution in [0.3, 0.4) is 0 Å². The van der Waals surface area contributed by atoms with Crippen LogP contribution in [0.25, 0.3) is 10.2 Å². The Morgan fingerprint density at radius 1 is 1.36 bits per heavy atom. The minimum absolute atomic E-state index is 0.258. The van der Waals surface area contributed by atoms with Crippen LogP contribution in [-0.2, 0) is 6.54 Å². The van der Waals surface area contributed by atoms with Crippen LogP contribution in [0, 0.1) is 3.57 Å². The minimum atomic E-state index is 0.258. The predicted octanol–water partition coefficient (Wildman–Crippen LogP) is 6.21. The summed E-state index contributed by atoms with van der Waals surface area (Å²) < 4.78 is 2.42. The van der Waals surface area contributed by atoms with Crippen molar-refractivity contribution in [1.29, 1.82) is 0 Å². The molecule has 25 heavy (non-hydrogen) atoms. The lowest BCUT2D eigenvalue weighted by Crippen LogP contribution is -2.31. The lowest BCUT2D eigenvalue weighted by molar-refractivity contribution is 0.389. The van der Waals surface area contributed by atoms with E-state index in [1.165, 1.54) is 37.3 Å². The number of nitrogens with one attached hydrogen (secondary N) is 1. The van der Waals surface area contributed by atoms with E-state index in [0.29, 0.717) is 11.1 Å². The van der Waals surface area contributed by atoms with Gasteiger partial charge in [0.25, 0.3) is 0 Å². The summed E-state index contributed by atoms with van der Waals surface area (Å²) in [7, 11) is 0. The molecule has 4 rings (SSSR count). The average Bonchev–Trinajstić information content (AvgIpc) is 3.22. The maximum atomic E-state index is 6.44. The van der Waals surface area contributed by atoms with E-state index >= 15 is 0 Å². The highest BCUT2D eigenvalue weighted by Gasteiger charge is 2.28. The summed E-state index contributed by atoms with van der Waals surface area (Å²) in [5, 5.41) is 6.19. The highest BCUT2D eigenvalue weighted by atomic mass is 127. The molecule has 1 aliphatic rings. The Kier molecular flexibility index (Phi) is 5.52. The molecule has 132 valence electrons. The number of pyridine rings is 1. The van der Waals surface area contributed by atoms with E-state index in [1.54, 1.807) is 11.3 Å². The predicted molar refractivity (Wildman–Crippen MR) is 118 cm³/mol. The van der Waals surface area contributed by atoms with Gasteiger partial charge in [-0.15, -0.1) is 22.7 Å². The number of aromatic nitrogens is 1. The first kappa shape index (κ1) is 18.0. The van der Waals surface area contributed by atoms with Gasteiger partial charge in [0.2, 0.25) is 0 Å². The van der Waals surface area contributed by atoms with Gasteiger partial charge >= 0.3 is 0 Å². The van der Waals surface area contributed by atoms with Crippen LogP contribution in [0.1, 0.15) is 41.4 Å². The first-order chi connectivity index (χ1) is 12.1. The number of anilines is 1. The number of nitrogens with zero attached hydrogens (tertiary/aromatic N) is 1. The number of rotatable bonds is 4. The summed E-state index contributed by atoms with van der Waals surface area (Å²) in [5.41, 5.74) is 8.52. The van der Waals surface area contributed by atoms with Crippen molar-refractivity contribution in [3.63, 3.8) is 0 Å². The molecular weight excluding hydrogens is 485 g/mol. The Balaban J connectivity index is 1.72. The maximum absolute atomic E-state index is 6.44. The van der Waals surface area contributed by atoms with E-state index in [-0.39, 0.29) is 6.04 Å². The molecule has 0 saturated heterocycles. The fourth-order valence-electron chi connectivity index (χ4n) is 3.48. The molecule has 0 amide bonds. The Bertz CT molecular complexity index is 878.